The van der Waals surface area contributed by atoms with Gasteiger partial charge in [-0.1, -0.05) is 19.0 Å². The van der Waals surface area contributed by atoms with Gasteiger partial charge in [-0.2, -0.15) is 4.98 Å². The third-order valence-electron chi connectivity index (χ3n) is 2.60. The van der Waals surface area contributed by atoms with Crippen LogP contribution < -0.4 is 5.73 Å². The number of aromatic nitrogens is 2. The Hall–Kier alpha value is -0.940. The largest absolute Gasteiger partial charge is 0.371 e. The summed E-state index contributed by atoms with van der Waals surface area (Å²) < 4.78 is 10.3. The molecule has 0 saturated heterocycles. The van der Waals surface area contributed by atoms with Crippen LogP contribution in [0.1, 0.15) is 38.4 Å². The summed E-state index contributed by atoms with van der Waals surface area (Å²) in [6.45, 7) is 6.75. The number of rotatable bonds is 6. The average Bonchev–Trinajstić information content (AvgIpc) is 2.64. The second-order valence-electron chi connectivity index (χ2n) is 3.79. The first-order valence-electron chi connectivity index (χ1n) is 5.25. The normalized spacial score (nSPS) is 12.0. The van der Waals surface area contributed by atoms with E-state index in [0.29, 0.717) is 24.9 Å². The van der Waals surface area contributed by atoms with Gasteiger partial charge in [0.25, 0.3) is 0 Å². The molecule has 1 rings (SSSR count). The standard InChI is InChI=1S/C10H19N3O2/c1-4-10(11,5-2)7-14-6-9-12-8(3)15-13-9/h4-7,11H2,1-3H3. The number of hydrogen-bond acceptors (Lipinski definition) is 5. The Labute approximate surface area is 90.0 Å². The third-order valence-corrected chi connectivity index (χ3v) is 2.60. The fourth-order valence-corrected chi connectivity index (χ4v) is 1.20. The summed E-state index contributed by atoms with van der Waals surface area (Å²) in [5.74, 6) is 1.13. The molecule has 1 aromatic rings. The zero-order valence-electron chi connectivity index (χ0n) is 9.62. The number of aryl methyl sites for hydroxylation is 1. The van der Waals surface area contributed by atoms with Gasteiger partial charge in [0.1, 0.15) is 6.61 Å². The van der Waals surface area contributed by atoms with Crippen LogP contribution in [0.5, 0.6) is 0 Å². The van der Waals surface area contributed by atoms with Crippen LogP contribution >= 0.6 is 0 Å². The van der Waals surface area contributed by atoms with Crippen LogP contribution in [-0.4, -0.2) is 22.3 Å². The molecule has 15 heavy (non-hydrogen) atoms. The fraction of sp³-hybridized carbons (Fsp3) is 0.800. The summed E-state index contributed by atoms with van der Waals surface area (Å²) in [7, 11) is 0. The van der Waals surface area contributed by atoms with E-state index in [2.05, 4.69) is 24.0 Å². The van der Waals surface area contributed by atoms with Gasteiger partial charge in [-0.05, 0) is 12.8 Å². The van der Waals surface area contributed by atoms with Gasteiger partial charge in [0.05, 0.1) is 6.61 Å². The van der Waals surface area contributed by atoms with E-state index in [-0.39, 0.29) is 5.54 Å². The Bertz CT molecular complexity index is 295. The lowest BCUT2D eigenvalue weighted by molar-refractivity contribution is 0.0646. The van der Waals surface area contributed by atoms with Crippen molar-refractivity contribution in [3.63, 3.8) is 0 Å². The monoisotopic (exact) mass is 213 g/mol. The number of hydrogen-bond donors (Lipinski definition) is 1. The van der Waals surface area contributed by atoms with Crippen LogP contribution in [0.4, 0.5) is 0 Å². The number of nitrogens with two attached hydrogens (primary N) is 1. The minimum absolute atomic E-state index is 0.237. The van der Waals surface area contributed by atoms with Gasteiger partial charge in [0.2, 0.25) is 5.89 Å². The highest BCUT2D eigenvalue weighted by atomic mass is 16.5. The molecule has 0 saturated carbocycles. The van der Waals surface area contributed by atoms with E-state index in [1.165, 1.54) is 0 Å². The molecule has 0 atom stereocenters. The van der Waals surface area contributed by atoms with E-state index in [1.807, 2.05) is 0 Å². The molecule has 0 bridgehead atoms. The predicted octanol–water partition coefficient (Wildman–Crippen LogP) is 1.41. The average molecular weight is 213 g/mol. The smallest absolute Gasteiger partial charge is 0.223 e. The molecule has 0 radical (unpaired) electrons. The minimum atomic E-state index is -0.237. The molecular formula is C10H19N3O2. The van der Waals surface area contributed by atoms with Crippen molar-refractivity contribution in [2.45, 2.75) is 45.8 Å². The first-order chi connectivity index (χ1) is 7.09. The van der Waals surface area contributed by atoms with Crippen molar-refractivity contribution in [1.29, 1.82) is 0 Å². The van der Waals surface area contributed by atoms with E-state index >= 15 is 0 Å². The lowest BCUT2D eigenvalue weighted by atomic mass is 9.96. The van der Waals surface area contributed by atoms with Gasteiger partial charge >= 0.3 is 0 Å². The minimum Gasteiger partial charge on any atom is -0.371 e. The third kappa shape index (κ3) is 3.60. The molecule has 0 spiro atoms. The van der Waals surface area contributed by atoms with Gasteiger partial charge in [-0.15, -0.1) is 0 Å². The van der Waals surface area contributed by atoms with Gasteiger partial charge in [0, 0.05) is 12.5 Å². The molecular weight excluding hydrogens is 194 g/mol. The van der Waals surface area contributed by atoms with Crippen molar-refractivity contribution in [2.75, 3.05) is 6.61 Å². The first kappa shape index (κ1) is 12.1. The molecule has 0 aromatic carbocycles. The molecule has 1 heterocycles. The molecule has 86 valence electrons. The summed E-state index contributed by atoms with van der Waals surface area (Å²) in [6, 6.07) is 0. The van der Waals surface area contributed by atoms with Crippen molar-refractivity contribution in [2.24, 2.45) is 5.73 Å². The van der Waals surface area contributed by atoms with Crippen LogP contribution in [0.25, 0.3) is 0 Å². The zero-order valence-corrected chi connectivity index (χ0v) is 9.62. The summed E-state index contributed by atoms with van der Waals surface area (Å²) in [5.41, 5.74) is 5.84. The Morgan fingerprint density at radius 1 is 1.40 bits per heavy atom. The maximum atomic E-state index is 6.08. The number of nitrogens with zero attached hydrogens (tertiary/aromatic N) is 2. The van der Waals surface area contributed by atoms with Crippen molar-refractivity contribution < 1.29 is 9.26 Å². The topological polar surface area (TPSA) is 74.2 Å². The van der Waals surface area contributed by atoms with Gasteiger partial charge < -0.3 is 15.0 Å². The Kier molecular flexibility index (Phi) is 4.23. The molecule has 0 aliphatic rings. The molecule has 2 N–H and O–H groups in total. The van der Waals surface area contributed by atoms with E-state index < -0.39 is 0 Å². The molecule has 0 aliphatic heterocycles. The molecule has 5 nitrogen and oxygen atoms in total. The van der Waals surface area contributed by atoms with Crippen molar-refractivity contribution in [3.05, 3.63) is 11.7 Å². The maximum Gasteiger partial charge on any atom is 0.223 e. The quantitative estimate of drug-likeness (QED) is 0.773. The van der Waals surface area contributed by atoms with Crippen molar-refractivity contribution in [1.82, 2.24) is 10.1 Å². The van der Waals surface area contributed by atoms with Gasteiger partial charge in [-0.25, -0.2) is 0 Å². The Balaban J connectivity index is 2.32. The predicted molar refractivity (Wildman–Crippen MR) is 56.2 cm³/mol. The van der Waals surface area contributed by atoms with Gasteiger partial charge in [0.15, 0.2) is 5.82 Å². The van der Waals surface area contributed by atoms with Crippen LogP contribution in [0, 0.1) is 6.92 Å². The van der Waals surface area contributed by atoms with Crippen molar-refractivity contribution >= 4 is 0 Å². The highest BCUT2D eigenvalue weighted by Crippen LogP contribution is 2.12. The Morgan fingerprint density at radius 2 is 2.07 bits per heavy atom. The summed E-state index contributed by atoms with van der Waals surface area (Å²) in [6.07, 6.45) is 1.80. The lowest BCUT2D eigenvalue weighted by Gasteiger charge is -2.25. The van der Waals surface area contributed by atoms with E-state index in [0.717, 1.165) is 12.8 Å². The molecule has 0 amide bonds. The van der Waals surface area contributed by atoms with Crippen LogP contribution in [-0.2, 0) is 11.3 Å². The van der Waals surface area contributed by atoms with Crippen LogP contribution in [0.3, 0.4) is 0 Å². The second-order valence-corrected chi connectivity index (χ2v) is 3.79. The highest BCUT2D eigenvalue weighted by Gasteiger charge is 2.20. The molecule has 0 fully saturated rings. The van der Waals surface area contributed by atoms with Crippen LogP contribution in [0.2, 0.25) is 0 Å². The molecule has 1 aromatic heterocycles. The zero-order chi connectivity index (χ0) is 11.3. The SMILES string of the molecule is CCC(N)(CC)COCc1noc(C)n1. The molecule has 0 aliphatic carbocycles. The van der Waals surface area contributed by atoms with E-state index in [9.17, 15) is 0 Å². The highest BCUT2D eigenvalue weighted by molar-refractivity contribution is 4.83. The van der Waals surface area contributed by atoms with Gasteiger partial charge in [-0.3, -0.25) is 0 Å². The van der Waals surface area contributed by atoms with Crippen LogP contribution in [0.15, 0.2) is 4.52 Å². The Morgan fingerprint density at radius 3 is 2.53 bits per heavy atom. The number of ether oxygens (including phenoxy) is 1. The lowest BCUT2D eigenvalue weighted by Crippen LogP contribution is -2.43. The van der Waals surface area contributed by atoms with Crippen molar-refractivity contribution in [3.8, 4) is 0 Å². The summed E-state index contributed by atoms with van der Waals surface area (Å²) in [5, 5.41) is 3.74. The van der Waals surface area contributed by atoms with E-state index in [1.54, 1.807) is 6.92 Å². The fourth-order valence-electron chi connectivity index (χ4n) is 1.20. The first-order valence-corrected chi connectivity index (χ1v) is 5.25. The van der Waals surface area contributed by atoms with E-state index in [4.69, 9.17) is 15.0 Å². The summed E-state index contributed by atoms with van der Waals surface area (Å²) in [4.78, 5) is 4.04. The molecule has 5 heteroatoms. The second kappa shape index (κ2) is 5.23. The maximum absolute atomic E-state index is 6.08. The molecule has 0 unspecified atom stereocenters. The summed E-state index contributed by atoms with van der Waals surface area (Å²) >= 11 is 0.